The van der Waals surface area contributed by atoms with E-state index in [1.54, 1.807) is 6.92 Å². The van der Waals surface area contributed by atoms with Gasteiger partial charge in [0.25, 0.3) is 5.89 Å². The lowest BCUT2D eigenvalue weighted by molar-refractivity contribution is -0.140. The molecule has 0 saturated carbocycles. The van der Waals surface area contributed by atoms with Crippen molar-refractivity contribution in [2.24, 2.45) is 0 Å². The van der Waals surface area contributed by atoms with Crippen molar-refractivity contribution < 1.29 is 14.1 Å². The van der Waals surface area contributed by atoms with E-state index in [1.165, 1.54) is 12.0 Å². The van der Waals surface area contributed by atoms with Crippen molar-refractivity contribution in [2.75, 3.05) is 13.2 Å². The van der Waals surface area contributed by atoms with Crippen molar-refractivity contribution >= 4 is 5.91 Å². The van der Waals surface area contributed by atoms with E-state index in [9.17, 15) is 4.79 Å². The number of hydrogen-bond acceptors (Lipinski definition) is 5. The number of amides is 1. The van der Waals surface area contributed by atoms with E-state index in [4.69, 9.17) is 9.26 Å². The Morgan fingerprint density at radius 1 is 1.32 bits per heavy atom. The van der Waals surface area contributed by atoms with Crippen LogP contribution in [-0.4, -0.2) is 40.1 Å². The van der Waals surface area contributed by atoms with E-state index >= 15 is 0 Å². The molecule has 1 aromatic carbocycles. The van der Waals surface area contributed by atoms with Crippen molar-refractivity contribution in [1.29, 1.82) is 0 Å². The Morgan fingerprint density at radius 2 is 2.16 bits per heavy atom. The summed E-state index contributed by atoms with van der Waals surface area (Å²) in [7, 11) is 0. The zero-order chi connectivity index (χ0) is 17.5. The number of likely N-dealkylation sites (tertiary alicyclic amines) is 1. The summed E-state index contributed by atoms with van der Waals surface area (Å²) in [6.07, 6.45) is 5.32. The number of carbonyl (C=O) groups is 1. The van der Waals surface area contributed by atoms with Crippen LogP contribution < -0.4 is 0 Å². The lowest BCUT2D eigenvalue weighted by Gasteiger charge is -2.36. The maximum Gasteiger partial charge on any atom is 0.252 e. The minimum absolute atomic E-state index is 0.0500. The van der Waals surface area contributed by atoms with Gasteiger partial charge in [0.1, 0.15) is 13.2 Å². The highest BCUT2D eigenvalue weighted by Gasteiger charge is 2.26. The van der Waals surface area contributed by atoms with Crippen molar-refractivity contribution in [1.82, 2.24) is 15.0 Å². The average Bonchev–Trinajstić information content (AvgIpc) is 3.06. The Bertz CT molecular complexity index is 672. The molecule has 134 valence electrons. The third-order valence-electron chi connectivity index (χ3n) is 4.58. The van der Waals surface area contributed by atoms with Gasteiger partial charge in [0, 0.05) is 12.6 Å². The molecule has 2 heterocycles. The molecule has 3 rings (SSSR count). The Hall–Kier alpha value is -2.21. The third kappa shape index (κ3) is 5.13. The Balaban J connectivity index is 1.48. The van der Waals surface area contributed by atoms with Gasteiger partial charge in [-0.3, -0.25) is 4.79 Å². The first kappa shape index (κ1) is 17.6. The smallest absolute Gasteiger partial charge is 0.252 e. The number of carbonyl (C=O) groups excluding carboxylic acids is 1. The number of aryl methyl sites for hydroxylation is 2. The van der Waals surface area contributed by atoms with Crippen LogP contribution in [0.15, 0.2) is 34.9 Å². The topological polar surface area (TPSA) is 68.5 Å². The summed E-state index contributed by atoms with van der Waals surface area (Å²) in [5, 5.41) is 3.71. The summed E-state index contributed by atoms with van der Waals surface area (Å²) in [6.45, 7) is 2.81. The van der Waals surface area contributed by atoms with Crippen LogP contribution in [-0.2, 0) is 22.6 Å². The predicted molar refractivity (Wildman–Crippen MR) is 92.8 cm³/mol. The van der Waals surface area contributed by atoms with Gasteiger partial charge in [-0.15, -0.1) is 0 Å². The van der Waals surface area contributed by atoms with Gasteiger partial charge in [0.15, 0.2) is 5.82 Å². The van der Waals surface area contributed by atoms with E-state index < -0.39 is 0 Å². The molecule has 1 aliphatic rings. The van der Waals surface area contributed by atoms with Crippen molar-refractivity contribution in [2.45, 2.75) is 51.7 Å². The molecule has 0 N–H and O–H groups in total. The number of benzene rings is 1. The third-order valence-corrected chi connectivity index (χ3v) is 4.58. The molecule has 1 saturated heterocycles. The van der Waals surface area contributed by atoms with Gasteiger partial charge in [0.05, 0.1) is 0 Å². The summed E-state index contributed by atoms with van der Waals surface area (Å²) in [4.78, 5) is 18.6. The molecule has 6 nitrogen and oxygen atoms in total. The highest BCUT2D eigenvalue weighted by atomic mass is 16.5. The van der Waals surface area contributed by atoms with Gasteiger partial charge in [0.2, 0.25) is 5.91 Å². The first-order valence-electron chi connectivity index (χ1n) is 8.92. The molecular weight excluding hydrogens is 318 g/mol. The molecule has 0 aliphatic carbocycles. The standard InChI is InChI=1S/C19H25N3O3/c1-15-20-18(25-21-15)13-24-14-19(23)22-12-6-5-9-17(22)11-10-16-7-3-2-4-8-16/h2-4,7-8,17H,5-6,9-14H2,1H3. The number of nitrogens with zero attached hydrogens (tertiary/aromatic N) is 3. The van der Waals surface area contributed by atoms with E-state index in [1.807, 2.05) is 11.0 Å². The van der Waals surface area contributed by atoms with Crippen LogP contribution in [0.3, 0.4) is 0 Å². The van der Waals surface area contributed by atoms with Crippen LogP contribution in [0.5, 0.6) is 0 Å². The minimum Gasteiger partial charge on any atom is -0.362 e. The molecule has 2 aromatic rings. The Labute approximate surface area is 148 Å². The van der Waals surface area contributed by atoms with E-state index in [-0.39, 0.29) is 19.1 Å². The van der Waals surface area contributed by atoms with Crippen LogP contribution in [0.1, 0.15) is 43.0 Å². The predicted octanol–water partition coefficient (Wildman–Crippen LogP) is 2.91. The minimum atomic E-state index is 0.0500. The fraction of sp³-hybridized carbons (Fsp3) is 0.526. The number of piperidine rings is 1. The van der Waals surface area contributed by atoms with Gasteiger partial charge in [-0.2, -0.15) is 4.98 Å². The maximum absolute atomic E-state index is 12.5. The summed E-state index contributed by atoms with van der Waals surface area (Å²) in [6, 6.07) is 10.7. The molecular formula is C19H25N3O3. The number of hydrogen-bond donors (Lipinski definition) is 0. The fourth-order valence-electron chi connectivity index (χ4n) is 3.31. The quantitative estimate of drug-likeness (QED) is 0.773. The molecule has 1 aliphatic heterocycles. The fourth-order valence-corrected chi connectivity index (χ4v) is 3.31. The molecule has 0 spiro atoms. The largest absolute Gasteiger partial charge is 0.362 e. The van der Waals surface area contributed by atoms with Gasteiger partial charge in [-0.05, 0) is 44.6 Å². The monoisotopic (exact) mass is 343 g/mol. The van der Waals surface area contributed by atoms with Crippen LogP contribution in [0, 0.1) is 6.92 Å². The normalized spacial score (nSPS) is 17.6. The van der Waals surface area contributed by atoms with Crippen molar-refractivity contribution in [3.8, 4) is 0 Å². The van der Waals surface area contributed by atoms with Crippen LogP contribution in [0.4, 0.5) is 0 Å². The Morgan fingerprint density at radius 3 is 2.92 bits per heavy atom. The number of aromatic nitrogens is 2. The van der Waals surface area contributed by atoms with Crippen molar-refractivity contribution in [3.63, 3.8) is 0 Å². The second-order valence-electron chi connectivity index (χ2n) is 6.49. The second kappa shape index (κ2) is 8.76. The SMILES string of the molecule is Cc1noc(COCC(=O)N2CCCCC2CCc2ccccc2)n1. The first-order valence-corrected chi connectivity index (χ1v) is 8.92. The zero-order valence-electron chi connectivity index (χ0n) is 14.7. The average molecular weight is 343 g/mol. The summed E-state index contributed by atoms with van der Waals surface area (Å²) < 4.78 is 10.5. The summed E-state index contributed by atoms with van der Waals surface area (Å²) >= 11 is 0. The van der Waals surface area contributed by atoms with Gasteiger partial charge < -0.3 is 14.2 Å². The molecule has 6 heteroatoms. The first-order chi connectivity index (χ1) is 12.2. The van der Waals surface area contributed by atoms with Crippen LogP contribution in [0.25, 0.3) is 0 Å². The number of rotatable bonds is 7. The Kier molecular flexibility index (Phi) is 6.17. The maximum atomic E-state index is 12.5. The molecule has 1 amide bonds. The highest BCUT2D eigenvalue weighted by Crippen LogP contribution is 2.21. The summed E-state index contributed by atoms with van der Waals surface area (Å²) in [5.74, 6) is 1.03. The van der Waals surface area contributed by atoms with E-state index in [0.29, 0.717) is 17.8 Å². The van der Waals surface area contributed by atoms with Crippen LogP contribution >= 0.6 is 0 Å². The molecule has 0 bridgehead atoms. The molecule has 25 heavy (non-hydrogen) atoms. The van der Waals surface area contributed by atoms with Crippen molar-refractivity contribution in [3.05, 3.63) is 47.6 Å². The van der Waals surface area contributed by atoms with Gasteiger partial charge >= 0.3 is 0 Å². The lowest BCUT2D eigenvalue weighted by atomic mass is 9.96. The van der Waals surface area contributed by atoms with Crippen LogP contribution in [0.2, 0.25) is 0 Å². The summed E-state index contributed by atoms with van der Waals surface area (Å²) in [5.41, 5.74) is 1.32. The van der Waals surface area contributed by atoms with E-state index in [0.717, 1.165) is 32.2 Å². The molecule has 0 radical (unpaired) electrons. The molecule has 1 atom stereocenters. The van der Waals surface area contributed by atoms with Gasteiger partial charge in [-0.25, -0.2) is 0 Å². The second-order valence-corrected chi connectivity index (χ2v) is 6.49. The number of ether oxygens (including phenoxy) is 1. The highest BCUT2D eigenvalue weighted by molar-refractivity contribution is 5.77. The van der Waals surface area contributed by atoms with E-state index in [2.05, 4.69) is 34.4 Å². The molecule has 1 aromatic heterocycles. The molecule has 1 unspecified atom stereocenters. The van der Waals surface area contributed by atoms with Gasteiger partial charge in [-0.1, -0.05) is 35.5 Å². The molecule has 1 fully saturated rings. The zero-order valence-corrected chi connectivity index (χ0v) is 14.7. The lowest BCUT2D eigenvalue weighted by Crippen LogP contribution is -2.45.